The van der Waals surface area contributed by atoms with E-state index in [1.54, 1.807) is 6.92 Å². The Bertz CT molecular complexity index is 549. The molecule has 8 nitrogen and oxygen atoms in total. The van der Waals surface area contributed by atoms with Crippen molar-refractivity contribution < 1.29 is 19.5 Å². The van der Waals surface area contributed by atoms with Crippen molar-refractivity contribution in [1.29, 1.82) is 0 Å². The second kappa shape index (κ2) is 6.53. The van der Waals surface area contributed by atoms with Crippen LogP contribution in [-0.4, -0.2) is 40.6 Å². The number of carboxylic acids is 1. The fourth-order valence-electron chi connectivity index (χ4n) is 1.93. The molecular weight excluding hydrogens is 296 g/mol. The molecule has 3 amide bonds. The van der Waals surface area contributed by atoms with Crippen LogP contribution >= 0.6 is 11.3 Å². The Morgan fingerprint density at radius 2 is 2.33 bits per heavy atom. The van der Waals surface area contributed by atoms with E-state index < -0.39 is 5.97 Å². The van der Waals surface area contributed by atoms with Gasteiger partial charge in [0.15, 0.2) is 5.69 Å². The average Bonchev–Trinajstić information content (AvgIpc) is 2.91. The third kappa shape index (κ3) is 4.15. The normalized spacial score (nSPS) is 19.5. The zero-order valence-corrected chi connectivity index (χ0v) is 12.2. The highest BCUT2D eigenvalue weighted by molar-refractivity contribution is 7.09. The number of rotatable bonds is 4. The second-order valence-electron chi connectivity index (χ2n) is 4.76. The van der Waals surface area contributed by atoms with Crippen LogP contribution in [0.2, 0.25) is 0 Å². The van der Waals surface area contributed by atoms with E-state index in [1.807, 2.05) is 0 Å². The van der Waals surface area contributed by atoms with Crippen molar-refractivity contribution in [2.24, 2.45) is 0 Å². The highest BCUT2D eigenvalue weighted by Crippen LogP contribution is 2.17. The molecule has 0 spiro atoms. The van der Waals surface area contributed by atoms with Gasteiger partial charge >= 0.3 is 12.0 Å². The highest BCUT2D eigenvalue weighted by atomic mass is 32.1. The van der Waals surface area contributed by atoms with Crippen molar-refractivity contribution in [1.82, 2.24) is 20.9 Å². The Hall–Kier alpha value is -2.16. The smallest absolute Gasteiger partial charge is 0.355 e. The molecule has 1 aliphatic rings. The molecule has 0 bridgehead atoms. The van der Waals surface area contributed by atoms with E-state index in [9.17, 15) is 14.4 Å². The monoisotopic (exact) mass is 312 g/mol. The van der Waals surface area contributed by atoms with E-state index in [4.69, 9.17) is 5.11 Å². The van der Waals surface area contributed by atoms with Gasteiger partial charge in [-0.25, -0.2) is 14.6 Å². The summed E-state index contributed by atoms with van der Waals surface area (Å²) in [6.07, 6.45) is 1.00. The molecular formula is C12H16N4O4S. The standard InChI is InChI=1S/C12H16N4O4S/c1-6(10-16-8(5-21-10)11(18)19)14-12(20)15-7-2-3-9(17)13-4-7/h5-7H,2-4H2,1H3,(H,13,17)(H,18,19)(H2,14,15,20). The summed E-state index contributed by atoms with van der Waals surface area (Å²) < 4.78 is 0. The number of amides is 3. The van der Waals surface area contributed by atoms with Crippen LogP contribution in [-0.2, 0) is 4.79 Å². The first-order valence-electron chi connectivity index (χ1n) is 6.48. The molecule has 2 unspecified atom stereocenters. The Balaban J connectivity index is 1.83. The minimum atomic E-state index is -1.09. The van der Waals surface area contributed by atoms with Gasteiger partial charge in [-0.2, -0.15) is 0 Å². The molecule has 1 aromatic rings. The number of hydrogen-bond acceptors (Lipinski definition) is 5. The van der Waals surface area contributed by atoms with Gasteiger partial charge < -0.3 is 21.1 Å². The van der Waals surface area contributed by atoms with E-state index in [0.717, 1.165) is 0 Å². The van der Waals surface area contributed by atoms with Crippen LogP contribution in [0.15, 0.2) is 5.38 Å². The highest BCUT2D eigenvalue weighted by Gasteiger charge is 2.21. The van der Waals surface area contributed by atoms with Gasteiger partial charge in [-0.15, -0.1) is 11.3 Å². The van der Waals surface area contributed by atoms with Gasteiger partial charge in [0.25, 0.3) is 0 Å². The number of aromatic carboxylic acids is 1. The molecule has 9 heteroatoms. The van der Waals surface area contributed by atoms with Gasteiger partial charge in [-0.1, -0.05) is 0 Å². The summed E-state index contributed by atoms with van der Waals surface area (Å²) in [4.78, 5) is 37.6. The predicted octanol–water partition coefficient (Wildman–Crippen LogP) is 0.480. The summed E-state index contributed by atoms with van der Waals surface area (Å²) in [5, 5.41) is 18.9. The molecule has 21 heavy (non-hydrogen) atoms. The van der Waals surface area contributed by atoms with Crippen LogP contribution in [0, 0.1) is 0 Å². The van der Waals surface area contributed by atoms with Crippen LogP contribution in [0.25, 0.3) is 0 Å². The topological polar surface area (TPSA) is 120 Å². The number of hydrogen-bond donors (Lipinski definition) is 4. The molecule has 0 saturated carbocycles. The number of carbonyl (C=O) groups excluding carboxylic acids is 2. The molecule has 0 aliphatic carbocycles. The van der Waals surface area contributed by atoms with Crippen LogP contribution in [0.1, 0.15) is 41.3 Å². The lowest BCUT2D eigenvalue weighted by Crippen LogP contribution is -2.50. The lowest BCUT2D eigenvalue weighted by molar-refractivity contribution is -0.122. The van der Waals surface area contributed by atoms with Crippen molar-refractivity contribution in [2.45, 2.75) is 31.8 Å². The number of nitrogens with zero attached hydrogens (tertiary/aromatic N) is 1. The first-order chi connectivity index (χ1) is 9.95. The molecule has 1 aliphatic heterocycles. The van der Waals surface area contributed by atoms with Gasteiger partial charge in [0.1, 0.15) is 5.01 Å². The van der Waals surface area contributed by atoms with Gasteiger partial charge in [0.2, 0.25) is 5.91 Å². The number of aromatic nitrogens is 1. The van der Waals surface area contributed by atoms with Crippen LogP contribution in [0.4, 0.5) is 4.79 Å². The number of nitrogens with one attached hydrogen (secondary N) is 3. The molecule has 2 atom stereocenters. The van der Waals surface area contributed by atoms with Crippen molar-refractivity contribution in [2.75, 3.05) is 6.54 Å². The Morgan fingerprint density at radius 3 is 2.90 bits per heavy atom. The van der Waals surface area contributed by atoms with Crippen molar-refractivity contribution in [3.63, 3.8) is 0 Å². The molecule has 4 N–H and O–H groups in total. The summed E-state index contributed by atoms with van der Waals surface area (Å²) in [5.74, 6) is -1.10. The molecule has 1 aromatic heterocycles. The number of carbonyl (C=O) groups is 3. The molecule has 0 aromatic carbocycles. The fourth-order valence-corrected chi connectivity index (χ4v) is 2.73. The van der Waals surface area contributed by atoms with Crippen molar-refractivity contribution in [3.05, 3.63) is 16.1 Å². The van der Waals surface area contributed by atoms with Gasteiger partial charge in [-0.3, -0.25) is 4.79 Å². The summed E-state index contributed by atoms with van der Waals surface area (Å²) in [6.45, 7) is 2.15. The second-order valence-corrected chi connectivity index (χ2v) is 5.64. The maximum atomic E-state index is 11.8. The van der Waals surface area contributed by atoms with E-state index >= 15 is 0 Å². The lowest BCUT2D eigenvalue weighted by atomic mass is 10.1. The fraction of sp³-hybridized carbons (Fsp3) is 0.500. The molecule has 2 heterocycles. The zero-order chi connectivity index (χ0) is 15.4. The molecule has 1 fully saturated rings. The zero-order valence-electron chi connectivity index (χ0n) is 11.4. The van der Waals surface area contributed by atoms with Crippen molar-refractivity contribution in [3.8, 4) is 0 Å². The van der Waals surface area contributed by atoms with E-state index in [-0.39, 0.29) is 29.7 Å². The third-order valence-corrected chi connectivity index (χ3v) is 4.09. The largest absolute Gasteiger partial charge is 0.476 e. The Morgan fingerprint density at radius 1 is 1.57 bits per heavy atom. The minimum absolute atomic E-state index is 0.00851. The van der Waals surface area contributed by atoms with Crippen molar-refractivity contribution >= 4 is 29.2 Å². The van der Waals surface area contributed by atoms with E-state index in [0.29, 0.717) is 24.4 Å². The predicted molar refractivity (Wildman–Crippen MR) is 75.2 cm³/mol. The third-order valence-electron chi connectivity index (χ3n) is 3.06. The quantitative estimate of drug-likeness (QED) is 0.644. The van der Waals surface area contributed by atoms with E-state index in [1.165, 1.54) is 16.7 Å². The minimum Gasteiger partial charge on any atom is -0.476 e. The molecule has 1 saturated heterocycles. The Labute approximate surface area is 124 Å². The first-order valence-corrected chi connectivity index (χ1v) is 7.36. The molecule has 0 radical (unpaired) electrons. The summed E-state index contributed by atoms with van der Waals surface area (Å²) in [6, 6.07) is -0.849. The van der Waals surface area contributed by atoms with Gasteiger partial charge in [-0.05, 0) is 13.3 Å². The Kier molecular flexibility index (Phi) is 4.73. The maximum absolute atomic E-state index is 11.8. The summed E-state index contributed by atoms with van der Waals surface area (Å²) >= 11 is 1.18. The summed E-state index contributed by atoms with van der Waals surface area (Å²) in [7, 11) is 0. The number of thiazole rings is 1. The number of piperidine rings is 1. The van der Waals surface area contributed by atoms with Crippen LogP contribution in [0.3, 0.4) is 0 Å². The van der Waals surface area contributed by atoms with Gasteiger partial charge in [0.05, 0.1) is 6.04 Å². The van der Waals surface area contributed by atoms with Crippen LogP contribution in [0.5, 0.6) is 0 Å². The molecule has 114 valence electrons. The number of urea groups is 1. The van der Waals surface area contributed by atoms with Gasteiger partial charge in [0, 0.05) is 24.4 Å². The van der Waals surface area contributed by atoms with Crippen LogP contribution < -0.4 is 16.0 Å². The average molecular weight is 312 g/mol. The lowest BCUT2D eigenvalue weighted by Gasteiger charge is -2.24. The molecule has 2 rings (SSSR count). The SMILES string of the molecule is CC(NC(=O)NC1CCC(=O)NC1)c1nc(C(=O)O)cs1. The first kappa shape index (κ1) is 15.2. The number of carboxylic acid groups (broad SMARTS) is 1. The maximum Gasteiger partial charge on any atom is 0.355 e. The van der Waals surface area contributed by atoms with E-state index in [2.05, 4.69) is 20.9 Å². The summed E-state index contributed by atoms with van der Waals surface area (Å²) in [5.41, 5.74) is -0.0287.